The first kappa shape index (κ1) is 16.0. The van der Waals surface area contributed by atoms with Gasteiger partial charge in [-0.05, 0) is 44.9 Å². The monoisotopic (exact) mass is 291 g/mol. The zero-order valence-corrected chi connectivity index (χ0v) is 12.0. The van der Waals surface area contributed by atoms with Crippen LogP contribution in [0.25, 0.3) is 0 Å². The maximum absolute atomic E-state index is 12.7. The molecule has 1 aromatic carbocycles. The second-order valence-corrected chi connectivity index (χ2v) is 7.10. The van der Waals surface area contributed by atoms with Gasteiger partial charge in [0.05, 0.1) is 11.8 Å². The number of aryl methyl sites for hydroxylation is 1. The summed E-state index contributed by atoms with van der Waals surface area (Å²) in [6.07, 6.45) is -3.17. The molecule has 0 aliphatic heterocycles. The minimum absolute atomic E-state index is 0.154. The highest BCUT2D eigenvalue weighted by molar-refractivity contribution is 7.91. The number of rotatable bonds is 2. The van der Waals surface area contributed by atoms with Gasteiger partial charge in [-0.15, -0.1) is 0 Å². The van der Waals surface area contributed by atoms with Crippen molar-refractivity contribution in [3.8, 4) is 0 Å². The molecule has 0 amide bonds. The summed E-state index contributed by atoms with van der Waals surface area (Å²) in [5, 5.41) is 0. The molecule has 0 spiro atoms. The summed E-state index contributed by atoms with van der Waals surface area (Å²) in [7, 11) is 0. The molecule has 0 aliphatic carbocycles. The van der Waals surface area contributed by atoms with Crippen LogP contribution in [0.3, 0.4) is 0 Å². The number of nitrogens with zero attached hydrogens (tertiary/aromatic N) is 1. The molecule has 0 N–H and O–H groups in total. The number of benzene rings is 1. The van der Waals surface area contributed by atoms with Gasteiger partial charge >= 0.3 is 6.18 Å². The molecule has 0 saturated carbocycles. The molecule has 0 aromatic heterocycles. The molecule has 106 valence electrons. The van der Waals surface area contributed by atoms with Gasteiger partial charge in [-0.1, -0.05) is 16.5 Å². The van der Waals surface area contributed by atoms with Crippen molar-refractivity contribution in [3.63, 3.8) is 0 Å². The molecule has 0 saturated heterocycles. The summed E-state index contributed by atoms with van der Waals surface area (Å²) in [4.78, 5) is 0. The molecule has 6 heteroatoms. The van der Waals surface area contributed by atoms with Gasteiger partial charge in [0.25, 0.3) is 0 Å². The van der Waals surface area contributed by atoms with Gasteiger partial charge in [0.15, 0.2) is 0 Å². The molecule has 19 heavy (non-hydrogen) atoms. The van der Waals surface area contributed by atoms with E-state index in [9.17, 15) is 17.7 Å². The average molecular weight is 291 g/mol. The fourth-order valence-corrected chi connectivity index (χ4v) is 1.83. The Labute approximate surface area is 114 Å². The van der Waals surface area contributed by atoms with Crippen LogP contribution in [0.15, 0.2) is 22.6 Å². The number of alkyl halides is 3. The Kier molecular flexibility index (Phi) is 4.68. The molecule has 0 aliphatic rings. The quantitative estimate of drug-likeness (QED) is 0.601. The lowest BCUT2D eigenvalue weighted by atomic mass is 10.1. The summed E-state index contributed by atoms with van der Waals surface area (Å²) in [6, 6.07) is 3.91. The first-order valence-electron chi connectivity index (χ1n) is 5.66. The van der Waals surface area contributed by atoms with Crippen molar-refractivity contribution in [2.75, 3.05) is 0 Å². The third-order valence-electron chi connectivity index (χ3n) is 2.39. The molecular formula is C13H16F3NOS. The topological polar surface area (TPSA) is 35.4 Å². The van der Waals surface area contributed by atoms with E-state index in [0.29, 0.717) is 0 Å². The van der Waals surface area contributed by atoms with E-state index in [1.807, 2.05) is 0 Å². The lowest BCUT2D eigenvalue weighted by Gasteiger charge is -2.17. The third kappa shape index (κ3) is 4.54. The lowest BCUT2D eigenvalue weighted by Crippen LogP contribution is -2.25. The molecular weight excluding hydrogens is 275 g/mol. The average Bonchev–Trinajstić information content (AvgIpc) is 2.24. The largest absolute Gasteiger partial charge is 0.591 e. The van der Waals surface area contributed by atoms with E-state index < -0.39 is 27.8 Å². The molecule has 1 rings (SSSR count). The van der Waals surface area contributed by atoms with Crippen molar-refractivity contribution in [1.82, 2.24) is 0 Å². The second kappa shape index (κ2) is 5.54. The van der Waals surface area contributed by atoms with Gasteiger partial charge in [-0.3, -0.25) is 0 Å². The molecule has 0 bridgehead atoms. The number of hydrogen-bond donors (Lipinski definition) is 0. The zero-order chi connectivity index (χ0) is 14.8. The van der Waals surface area contributed by atoms with Gasteiger partial charge in [-0.2, -0.15) is 13.2 Å². The lowest BCUT2D eigenvalue weighted by molar-refractivity contribution is -0.138. The molecule has 0 radical (unpaired) electrons. The minimum Gasteiger partial charge on any atom is -0.591 e. The van der Waals surface area contributed by atoms with Crippen LogP contribution in [0.4, 0.5) is 13.2 Å². The van der Waals surface area contributed by atoms with Gasteiger partial charge < -0.3 is 4.55 Å². The predicted octanol–water partition coefficient (Wildman–Crippen LogP) is 3.89. The van der Waals surface area contributed by atoms with Gasteiger partial charge in [0.2, 0.25) is 0 Å². The molecule has 0 fully saturated rings. The smallest absolute Gasteiger partial charge is 0.416 e. The Hall–Kier alpha value is -1.01. The van der Waals surface area contributed by atoms with Crippen LogP contribution in [0, 0.1) is 6.92 Å². The van der Waals surface area contributed by atoms with Crippen molar-refractivity contribution in [2.24, 2.45) is 4.40 Å². The fraction of sp³-hybridized carbons (Fsp3) is 0.462. The second-order valence-electron chi connectivity index (χ2n) is 5.17. The summed E-state index contributed by atoms with van der Waals surface area (Å²) >= 11 is -1.48. The first-order valence-corrected chi connectivity index (χ1v) is 6.76. The highest BCUT2D eigenvalue weighted by Crippen LogP contribution is 2.32. The van der Waals surface area contributed by atoms with Crippen LogP contribution in [-0.2, 0) is 17.5 Å². The number of hydrogen-bond acceptors (Lipinski definition) is 2. The summed E-state index contributed by atoms with van der Waals surface area (Å²) < 4.78 is 53.1. The summed E-state index contributed by atoms with van der Waals surface area (Å²) in [5.41, 5.74) is -0.255. The van der Waals surface area contributed by atoms with Crippen LogP contribution in [0.1, 0.15) is 37.5 Å². The Morgan fingerprint density at radius 1 is 1.21 bits per heavy atom. The van der Waals surface area contributed by atoms with Gasteiger partial charge in [0.1, 0.15) is 16.1 Å². The van der Waals surface area contributed by atoms with E-state index in [1.54, 1.807) is 20.8 Å². The van der Waals surface area contributed by atoms with Crippen molar-refractivity contribution in [2.45, 2.75) is 38.6 Å². The van der Waals surface area contributed by atoms with E-state index in [2.05, 4.69) is 4.40 Å². The Morgan fingerprint density at radius 3 is 2.26 bits per heavy atom. The van der Waals surface area contributed by atoms with E-state index in [-0.39, 0.29) is 11.1 Å². The van der Waals surface area contributed by atoms with Crippen molar-refractivity contribution in [3.05, 3.63) is 34.9 Å². The minimum atomic E-state index is -4.39. The molecule has 0 heterocycles. The fourth-order valence-electron chi connectivity index (χ4n) is 1.29. The third-order valence-corrected chi connectivity index (χ3v) is 3.73. The first-order chi connectivity index (χ1) is 8.51. The zero-order valence-electron chi connectivity index (χ0n) is 11.2. The van der Waals surface area contributed by atoms with E-state index in [1.165, 1.54) is 25.3 Å². The molecule has 1 unspecified atom stereocenters. The summed E-state index contributed by atoms with van der Waals surface area (Å²) in [5.74, 6) is 0. The Balaban J connectivity index is 3.02. The van der Waals surface area contributed by atoms with E-state index in [4.69, 9.17) is 0 Å². The van der Waals surface area contributed by atoms with Crippen LogP contribution in [0.2, 0.25) is 0 Å². The molecule has 1 aromatic rings. The van der Waals surface area contributed by atoms with Crippen LogP contribution in [0.5, 0.6) is 0 Å². The highest BCUT2D eigenvalue weighted by Gasteiger charge is 2.32. The number of halogens is 3. The van der Waals surface area contributed by atoms with Crippen LogP contribution < -0.4 is 0 Å². The van der Waals surface area contributed by atoms with Gasteiger partial charge in [-0.25, -0.2) is 0 Å². The van der Waals surface area contributed by atoms with E-state index >= 15 is 0 Å². The SMILES string of the molecule is Cc1ccc(/C=N/[S+]([O-])C(C)(C)C)cc1C(F)(F)F. The highest BCUT2D eigenvalue weighted by atomic mass is 32.2. The standard InChI is InChI=1S/C13H16F3NOS/c1-9-5-6-10(7-11(9)13(14,15)16)8-17-19(18)12(2,3)4/h5-8H,1-4H3/b17-8+. The van der Waals surface area contributed by atoms with Crippen LogP contribution in [-0.4, -0.2) is 15.5 Å². The Bertz CT molecular complexity index is 478. The summed E-state index contributed by atoms with van der Waals surface area (Å²) in [6.45, 7) is 6.64. The molecule has 2 nitrogen and oxygen atoms in total. The molecule has 1 atom stereocenters. The van der Waals surface area contributed by atoms with Crippen molar-refractivity contribution in [1.29, 1.82) is 0 Å². The Morgan fingerprint density at radius 2 is 1.79 bits per heavy atom. The maximum Gasteiger partial charge on any atom is 0.416 e. The van der Waals surface area contributed by atoms with Crippen molar-refractivity contribution >= 4 is 17.6 Å². The van der Waals surface area contributed by atoms with Crippen LogP contribution >= 0.6 is 0 Å². The predicted molar refractivity (Wildman–Crippen MR) is 71.7 cm³/mol. The normalized spacial score (nSPS) is 14.9. The van der Waals surface area contributed by atoms with Crippen molar-refractivity contribution < 1.29 is 17.7 Å². The van der Waals surface area contributed by atoms with E-state index in [0.717, 1.165) is 6.07 Å². The van der Waals surface area contributed by atoms with Gasteiger partial charge in [0, 0.05) is 0 Å². The maximum atomic E-state index is 12.7.